The summed E-state index contributed by atoms with van der Waals surface area (Å²) in [5.74, 6) is 0. The molecule has 0 radical (unpaired) electrons. The third-order valence-electron chi connectivity index (χ3n) is 3.70. The zero-order chi connectivity index (χ0) is 12.1. The van der Waals surface area contributed by atoms with Crippen LogP contribution in [0.25, 0.3) is 0 Å². The number of rotatable bonds is 4. The van der Waals surface area contributed by atoms with Crippen LogP contribution in [0.4, 0.5) is 0 Å². The molecule has 1 saturated carbocycles. The van der Waals surface area contributed by atoms with Crippen LogP contribution in [0.15, 0.2) is 24.5 Å². The number of aromatic nitrogens is 1. The van der Waals surface area contributed by atoms with Crippen LogP contribution in [0.3, 0.4) is 0 Å². The molecule has 1 aromatic heterocycles. The van der Waals surface area contributed by atoms with Gasteiger partial charge in [0.05, 0.1) is 6.10 Å². The molecule has 1 aliphatic carbocycles. The first-order chi connectivity index (χ1) is 8.29. The van der Waals surface area contributed by atoms with Crippen LogP contribution in [0, 0.1) is 0 Å². The highest BCUT2D eigenvalue weighted by Crippen LogP contribution is 2.23. The van der Waals surface area contributed by atoms with Gasteiger partial charge < -0.3 is 10.1 Å². The van der Waals surface area contributed by atoms with Gasteiger partial charge in [-0.3, -0.25) is 4.98 Å². The number of methoxy groups -OCH3 is 1. The van der Waals surface area contributed by atoms with E-state index in [1.807, 2.05) is 19.5 Å². The Kier molecular flexibility index (Phi) is 4.51. The lowest BCUT2D eigenvalue weighted by atomic mass is 9.92. The van der Waals surface area contributed by atoms with Crippen molar-refractivity contribution in [2.24, 2.45) is 0 Å². The maximum Gasteiger partial charge on any atom is 0.0572 e. The van der Waals surface area contributed by atoms with Crippen LogP contribution in [-0.2, 0) is 4.74 Å². The summed E-state index contributed by atoms with van der Waals surface area (Å²) in [4.78, 5) is 4.05. The van der Waals surface area contributed by atoms with E-state index in [1.165, 1.54) is 31.2 Å². The predicted molar refractivity (Wildman–Crippen MR) is 68.8 cm³/mol. The minimum absolute atomic E-state index is 0.405. The molecule has 0 bridgehead atoms. The van der Waals surface area contributed by atoms with E-state index in [9.17, 15) is 0 Å². The maximum atomic E-state index is 5.39. The topological polar surface area (TPSA) is 34.1 Å². The zero-order valence-corrected chi connectivity index (χ0v) is 10.7. The first-order valence-corrected chi connectivity index (χ1v) is 6.48. The van der Waals surface area contributed by atoms with Crippen molar-refractivity contribution in [1.29, 1.82) is 0 Å². The van der Waals surface area contributed by atoms with Crippen molar-refractivity contribution < 1.29 is 4.74 Å². The monoisotopic (exact) mass is 234 g/mol. The van der Waals surface area contributed by atoms with Crippen LogP contribution in [0.5, 0.6) is 0 Å². The van der Waals surface area contributed by atoms with E-state index < -0.39 is 0 Å². The van der Waals surface area contributed by atoms with Gasteiger partial charge in [0.2, 0.25) is 0 Å². The minimum atomic E-state index is 0.405. The van der Waals surface area contributed by atoms with Gasteiger partial charge in [0.15, 0.2) is 0 Å². The molecule has 17 heavy (non-hydrogen) atoms. The average Bonchev–Trinajstić information content (AvgIpc) is 2.40. The number of hydrogen-bond donors (Lipinski definition) is 1. The summed E-state index contributed by atoms with van der Waals surface area (Å²) >= 11 is 0. The molecule has 1 fully saturated rings. The van der Waals surface area contributed by atoms with Crippen LogP contribution in [0.2, 0.25) is 0 Å². The second-order valence-electron chi connectivity index (χ2n) is 4.88. The predicted octanol–water partition coefficient (Wildman–Crippen LogP) is 2.69. The van der Waals surface area contributed by atoms with Crippen molar-refractivity contribution in [1.82, 2.24) is 10.3 Å². The fourth-order valence-corrected chi connectivity index (χ4v) is 2.57. The molecule has 0 unspecified atom stereocenters. The standard InChI is InChI=1S/C14H22N2O/c1-11(12-7-9-15-10-8-12)16-13-3-5-14(17-2)6-4-13/h7-11,13-14,16H,3-6H2,1-2H3/t11-,13?,14?/m0/s1. The molecule has 3 heteroatoms. The molecule has 3 nitrogen and oxygen atoms in total. The Morgan fingerprint density at radius 2 is 1.88 bits per heavy atom. The minimum Gasteiger partial charge on any atom is -0.381 e. The SMILES string of the molecule is COC1CCC(N[C@@H](C)c2ccncc2)CC1. The normalized spacial score (nSPS) is 26.7. The summed E-state index contributed by atoms with van der Waals surface area (Å²) in [6.45, 7) is 2.22. The molecule has 0 spiro atoms. The van der Waals surface area contributed by atoms with E-state index in [0.717, 1.165) is 0 Å². The zero-order valence-electron chi connectivity index (χ0n) is 10.7. The number of nitrogens with one attached hydrogen (secondary N) is 1. The number of pyridine rings is 1. The second kappa shape index (κ2) is 6.12. The molecular formula is C14H22N2O. The summed E-state index contributed by atoms with van der Waals surface area (Å²) in [6, 6.07) is 5.20. The molecule has 1 N–H and O–H groups in total. The van der Waals surface area contributed by atoms with Crippen molar-refractivity contribution in [3.63, 3.8) is 0 Å². The number of ether oxygens (including phenoxy) is 1. The van der Waals surface area contributed by atoms with Crippen LogP contribution in [0.1, 0.15) is 44.2 Å². The molecular weight excluding hydrogens is 212 g/mol. The third-order valence-corrected chi connectivity index (χ3v) is 3.70. The molecule has 1 heterocycles. The Labute approximate surface area is 104 Å². The molecule has 1 aromatic rings. The maximum absolute atomic E-state index is 5.39. The Bertz CT molecular complexity index is 320. The number of hydrogen-bond acceptors (Lipinski definition) is 3. The van der Waals surface area contributed by atoms with Gasteiger partial charge in [0.1, 0.15) is 0 Å². The van der Waals surface area contributed by atoms with Gasteiger partial charge in [-0.1, -0.05) is 0 Å². The summed E-state index contributed by atoms with van der Waals surface area (Å²) < 4.78 is 5.39. The highest BCUT2D eigenvalue weighted by atomic mass is 16.5. The molecule has 0 amide bonds. The molecule has 2 rings (SSSR count). The largest absolute Gasteiger partial charge is 0.381 e. The molecule has 0 saturated heterocycles. The summed E-state index contributed by atoms with van der Waals surface area (Å²) in [6.07, 6.45) is 8.98. The third kappa shape index (κ3) is 3.51. The molecule has 1 aliphatic rings. The van der Waals surface area contributed by atoms with Crippen LogP contribution < -0.4 is 5.32 Å². The summed E-state index contributed by atoms with van der Waals surface area (Å²) in [7, 11) is 1.82. The molecule has 1 atom stereocenters. The molecule has 94 valence electrons. The first kappa shape index (κ1) is 12.5. The van der Waals surface area contributed by atoms with Crippen molar-refractivity contribution in [3.05, 3.63) is 30.1 Å². The van der Waals surface area contributed by atoms with Gasteiger partial charge in [-0.15, -0.1) is 0 Å². The van der Waals surface area contributed by atoms with Gasteiger partial charge in [0.25, 0.3) is 0 Å². The van der Waals surface area contributed by atoms with Gasteiger partial charge in [-0.2, -0.15) is 0 Å². The molecule has 0 aliphatic heterocycles. The Morgan fingerprint density at radius 1 is 1.24 bits per heavy atom. The lowest BCUT2D eigenvalue weighted by molar-refractivity contribution is 0.0614. The quantitative estimate of drug-likeness (QED) is 0.869. The van der Waals surface area contributed by atoms with Crippen LogP contribution in [-0.4, -0.2) is 24.2 Å². The van der Waals surface area contributed by atoms with Gasteiger partial charge in [-0.05, 0) is 50.3 Å². The second-order valence-corrected chi connectivity index (χ2v) is 4.88. The van der Waals surface area contributed by atoms with E-state index >= 15 is 0 Å². The Hall–Kier alpha value is -0.930. The lowest BCUT2D eigenvalue weighted by Gasteiger charge is -2.30. The Balaban J connectivity index is 1.82. The van der Waals surface area contributed by atoms with Crippen LogP contribution >= 0.6 is 0 Å². The Morgan fingerprint density at radius 3 is 2.47 bits per heavy atom. The highest BCUT2D eigenvalue weighted by molar-refractivity contribution is 5.14. The van der Waals surface area contributed by atoms with Gasteiger partial charge >= 0.3 is 0 Å². The van der Waals surface area contributed by atoms with E-state index in [0.29, 0.717) is 18.2 Å². The van der Waals surface area contributed by atoms with Crippen molar-refractivity contribution in [2.45, 2.75) is 50.8 Å². The van der Waals surface area contributed by atoms with Gasteiger partial charge in [0, 0.05) is 31.6 Å². The number of nitrogens with zero attached hydrogens (tertiary/aromatic N) is 1. The van der Waals surface area contributed by atoms with E-state index in [2.05, 4.69) is 29.4 Å². The average molecular weight is 234 g/mol. The van der Waals surface area contributed by atoms with Crippen molar-refractivity contribution in [3.8, 4) is 0 Å². The fraction of sp³-hybridized carbons (Fsp3) is 0.643. The smallest absolute Gasteiger partial charge is 0.0572 e. The van der Waals surface area contributed by atoms with E-state index in [4.69, 9.17) is 4.74 Å². The highest BCUT2D eigenvalue weighted by Gasteiger charge is 2.21. The van der Waals surface area contributed by atoms with E-state index in [-0.39, 0.29) is 0 Å². The lowest BCUT2D eigenvalue weighted by Crippen LogP contribution is -2.36. The van der Waals surface area contributed by atoms with Crippen molar-refractivity contribution >= 4 is 0 Å². The fourth-order valence-electron chi connectivity index (χ4n) is 2.57. The van der Waals surface area contributed by atoms with Crippen molar-refractivity contribution in [2.75, 3.05) is 7.11 Å². The first-order valence-electron chi connectivity index (χ1n) is 6.48. The summed E-state index contributed by atoms with van der Waals surface area (Å²) in [5.41, 5.74) is 1.31. The van der Waals surface area contributed by atoms with E-state index in [1.54, 1.807) is 0 Å². The molecule has 0 aromatic carbocycles. The summed E-state index contributed by atoms with van der Waals surface area (Å²) in [5, 5.41) is 3.70. The van der Waals surface area contributed by atoms with Gasteiger partial charge in [-0.25, -0.2) is 0 Å².